The molecule has 0 saturated heterocycles. The second-order valence-corrected chi connectivity index (χ2v) is 6.97. The van der Waals surface area contributed by atoms with E-state index in [4.69, 9.17) is 9.15 Å². The van der Waals surface area contributed by atoms with E-state index in [0.29, 0.717) is 17.7 Å². The summed E-state index contributed by atoms with van der Waals surface area (Å²) in [5.41, 5.74) is 4.27. The van der Waals surface area contributed by atoms with E-state index in [1.807, 2.05) is 84.9 Å². The van der Waals surface area contributed by atoms with Gasteiger partial charge in [-0.3, -0.25) is 4.79 Å². The quantitative estimate of drug-likeness (QED) is 0.417. The first-order valence-electron chi connectivity index (χ1n) is 9.92. The van der Waals surface area contributed by atoms with Crippen LogP contribution < -0.4 is 5.32 Å². The lowest BCUT2D eigenvalue weighted by atomic mass is 10.0. The Morgan fingerprint density at radius 1 is 0.806 bits per heavy atom. The van der Waals surface area contributed by atoms with Crippen molar-refractivity contribution < 1.29 is 18.7 Å². The van der Waals surface area contributed by atoms with Crippen molar-refractivity contribution in [2.75, 3.05) is 11.9 Å². The van der Waals surface area contributed by atoms with E-state index in [2.05, 4.69) is 5.32 Å². The van der Waals surface area contributed by atoms with Gasteiger partial charge < -0.3 is 14.5 Å². The summed E-state index contributed by atoms with van der Waals surface area (Å²) in [6.07, 6.45) is 2.11. The van der Waals surface area contributed by atoms with E-state index >= 15 is 0 Å². The van der Waals surface area contributed by atoms with Crippen LogP contribution in [0.5, 0.6) is 0 Å². The molecule has 0 aliphatic rings. The molecule has 0 saturated carbocycles. The molecule has 0 fully saturated rings. The van der Waals surface area contributed by atoms with Crippen LogP contribution >= 0.6 is 0 Å². The molecule has 0 atom stereocenters. The predicted molar refractivity (Wildman–Crippen MR) is 119 cm³/mol. The number of hydrogen-bond donors (Lipinski definition) is 1. The van der Waals surface area contributed by atoms with Crippen LogP contribution in [0.15, 0.2) is 102 Å². The summed E-state index contributed by atoms with van der Waals surface area (Å²) >= 11 is 0. The van der Waals surface area contributed by atoms with Gasteiger partial charge in [0.1, 0.15) is 0 Å². The summed E-state index contributed by atoms with van der Waals surface area (Å²) in [6.45, 7) is -0.409. The van der Waals surface area contributed by atoms with Gasteiger partial charge in [0.15, 0.2) is 6.61 Å². The molecule has 0 radical (unpaired) electrons. The van der Waals surface area contributed by atoms with E-state index in [0.717, 1.165) is 16.7 Å². The van der Waals surface area contributed by atoms with Crippen LogP contribution in [0.1, 0.15) is 21.7 Å². The fraction of sp³-hybridized carbons (Fsp3) is 0.0769. The lowest BCUT2D eigenvalue weighted by molar-refractivity contribution is -0.119. The van der Waals surface area contributed by atoms with E-state index in [9.17, 15) is 9.59 Å². The SMILES string of the molecule is O=C(COC(=O)c1occc1-c1ccccc1)Nc1ccccc1Cc1ccccc1. The average Bonchev–Trinajstić information content (AvgIpc) is 3.30. The fourth-order valence-electron chi connectivity index (χ4n) is 3.31. The Labute approximate surface area is 180 Å². The molecule has 0 unspecified atom stereocenters. The third-order valence-corrected chi connectivity index (χ3v) is 4.80. The molecule has 154 valence electrons. The Morgan fingerprint density at radius 3 is 2.26 bits per heavy atom. The standard InChI is InChI=1S/C26H21NO4/c28-24(27-23-14-8-7-13-21(23)17-19-9-3-1-4-10-19)18-31-26(29)25-22(15-16-30-25)20-11-5-2-6-12-20/h1-16H,17-18H2,(H,27,28). The largest absolute Gasteiger partial charge is 0.457 e. The van der Waals surface area contributed by atoms with E-state index in [1.165, 1.54) is 6.26 Å². The second-order valence-electron chi connectivity index (χ2n) is 6.97. The molecule has 0 spiro atoms. The lowest BCUT2D eigenvalue weighted by Gasteiger charge is -2.11. The minimum atomic E-state index is -0.684. The van der Waals surface area contributed by atoms with Gasteiger partial charge in [0.05, 0.1) is 6.26 Å². The number of benzene rings is 3. The number of para-hydroxylation sites is 1. The first-order valence-corrected chi connectivity index (χ1v) is 9.92. The Hall–Kier alpha value is -4.12. The highest BCUT2D eigenvalue weighted by Crippen LogP contribution is 2.25. The van der Waals surface area contributed by atoms with Gasteiger partial charge in [-0.25, -0.2) is 4.79 Å². The van der Waals surface area contributed by atoms with E-state index in [-0.39, 0.29) is 5.76 Å². The molecule has 1 aromatic heterocycles. The maximum Gasteiger partial charge on any atom is 0.375 e. The van der Waals surface area contributed by atoms with Gasteiger partial charge in [0.25, 0.3) is 5.91 Å². The molecule has 31 heavy (non-hydrogen) atoms. The highest BCUT2D eigenvalue weighted by atomic mass is 16.5. The highest BCUT2D eigenvalue weighted by molar-refractivity contribution is 5.97. The van der Waals surface area contributed by atoms with Crippen LogP contribution in [0.2, 0.25) is 0 Å². The minimum absolute atomic E-state index is 0.0727. The predicted octanol–water partition coefficient (Wildman–Crippen LogP) is 5.33. The van der Waals surface area contributed by atoms with Crippen LogP contribution in [0, 0.1) is 0 Å². The van der Waals surface area contributed by atoms with Crippen molar-refractivity contribution in [3.63, 3.8) is 0 Å². The minimum Gasteiger partial charge on any atom is -0.457 e. The summed E-state index contributed by atoms with van der Waals surface area (Å²) in [5.74, 6) is -1.03. The number of rotatable bonds is 7. The van der Waals surface area contributed by atoms with Crippen molar-refractivity contribution in [1.82, 2.24) is 0 Å². The van der Waals surface area contributed by atoms with Gasteiger partial charge in [0.2, 0.25) is 5.76 Å². The third kappa shape index (κ3) is 5.08. The Balaban J connectivity index is 1.39. The number of hydrogen-bond acceptors (Lipinski definition) is 4. The van der Waals surface area contributed by atoms with Crippen molar-refractivity contribution in [3.05, 3.63) is 114 Å². The monoisotopic (exact) mass is 411 g/mol. The first kappa shape index (κ1) is 20.2. The summed E-state index contributed by atoms with van der Waals surface area (Å²) in [4.78, 5) is 24.9. The van der Waals surface area contributed by atoms with Crippen LogP contribution in [0.4, 0.5) is 5.69 Å². The number of carbonyl (C=O) groups is 2. The van der Waals surface area contributed by atoms with E-state index in [1.54, 1.807) is 6.07 Å². The number of amides is 1. The molecule has 3 aromatic carbocycles. The van der Waals surface area contributed by atoms with Gasteiger partial charge in [-0.2, -0.15) is 0 Å². The highest BCUT2D eigenvalue weighted by Gasteiger charge is 2.19. The summed E-state index contributed by atoms with van der Waals surface area (Å²) < 4.78 is 10.5. The molecule has 5 nitrogen and oxygen atoms in total. The first-order chi connectivity index (χ1) is 15.2. The number of carbonyl (C=O) groups excluding carboxylic acids is 2. The molecule has 1 heterocycles. The number of nitrogens with one attached hydrogen (secondary N) is 1. The third-order valence-electron chi connectivity index (χ3n) is 4.80. The van der Waals surface area contributed by atoms with Crippen molar-refractivity contribution in [3.8, 4) is 11.1 Å². The number of ether oxygens (including phenoxy) is 1. The fourth-order valence-corrected chi connectivity index (χ4v) is 3.31. The molecule has 0 bridgehead atoms. The Bertz CT molecular complexity index is 1170. The van der Waals surface area contributed by atoms with Crippen molar-refractivity contribution >= 4 is 17.6 Å². The zero-order chi connectivity index (χ0) is 21.5. The number of esters is 1. The average molecular weight is 411 g/mol. The van der Waals surface area contributed by atoms with Crippen LogP contribution in [0.25, 0.3) is 11.1 Å². The van der Waals surface area contributed by atoms with Gasteiger partial charge in [0, 0.05) is 11.3 Å². The normalized spacial score (nSPS) is 10.5. The van der Waals surface area contributed by atoms with Gasteiger partial charge >= 0.3 is 5.97 Å². The van der Waals surface area contributed by atoms with Crippen LogP contribution in [0.3, 0.4) is 0 Å². The topological polar surface area (TPSA) is 68.5 Å². The van der Waals surface area contributed by atoms with Crippen molar-refractivity contribution in [2.45, 2.75) is 6.42 Å². The molecular weight excluding hydrogens is 390 g/mol. The van der Waals surface area contributed by atoms with Gasteiger partial charge in [-0.15, -0.1) is 0 Å². The molecule has 4 rings (SSSR count). The molecule has 0 aliphatic carbocycles. The smallest absolute Gasteiger partial charge is 0.375 e. The van der Waals surface area contributed by atoms with Gasteiger partial charge in [-0.05, 0) is 35.2 Å². The van der Waals surface area contributed by atoms with Gasteiger partial charge in [-0.1, -0.05) is 78.9 Å². The zero-order valence-corrected chi connectivity index (χ0v) is 16.8. The maximum absolute atomic E-state index is 12.5. The molecule has 0 aliphatic heterocycles. The summed E-state index contributed by atoms with van der Waals surface area (Å²) in [7, 11) is 0. The molecule has 5 heteroatoms. The molecule has 1 N–H and O–H groups in total. The molecule has 1 amide bonds. The zero-order valence-electron chi connectivity index (χ0n) is 16.8. The Morgan fingerprint density at radius 2 is 1.48 bits per heavy atom. The molecule has 4 aromatic rings. The second kappa shape index (κ2) is 9.59. The summed E-state index contributed by atoms with van der Waals surface area (Å²) in [5, 5.41) is 2.83. The van der Waals surface area contributed by atoms with Crippen LogP contribution in [-0.4, -0.2) is 18.5 Å². The van der Waals surface area contributed by atoms with E-state index < -0.39 is 18.5 Å². The maximum atomic E-state index is 12.5. The molecular formula is C26H21NO4. The number of furan rings is 1. The van der Waals surface area contributed by atoms with Crippen LogP contribution in [-0.2, 0) is 16.0 Å². The van der Waals surface area contributed by atoms with Crippen molar-refractivity contribution in [2.24, 2.45) is 0 Å². The Kier molecular flexibility index (Phi) is 6.24. The number of anilines is 1. The summed E-state index contributed by atoms with van der Waals surface area (Å²) in [6, 6.07) is 28.7. The van der Waals surface area contributed by atoms with Crippen molar-refractivity contribution in [1.29, 1.82) is 0 Å². The lowest BCUT2D eigenvalue weighted by Crippen LogP contribution is -2.21.